The lowest BCUT2D eigenvalue weighted by Gasteiger charge is -2.32. The van der Waals surface area contributed by atoms with Crippen molar-refractivity contribution in [2.45, 2.75) is 19.8 Å². The Bertz CT molecular complexity index is 857. The summed E-state index contributed by atoms with van der Waals surface area (Å²) < 4.78 is 1.31. The number of anilines is 1. The minimum absolute atomic E-state index is 0.0529. The Kier molecular flexibility index (Phi) is 6.97. The molecule has 2 aromatic heterocycles. The summed E-state index contributed by atoms with van der Waals surface area (Å²) in [5, 5.41) is 7.89. The third kappa shape index (κ3) is 5.27. The largest absolute Gasteiger partial charge is 0.353 e. The number of hydrogen-bond donors (Lipinski definition) is 1. The smallest absolute Gasteiger partial charge is 0.275 e. The molecule has 2 aromatic rings. The van der Waals surface area contributed by atoms with Gasteiger partial charge in [-0.15, -0.1) is 5.10 Å². The zero-order valence-corrected chi connectivity index (χ0v) is 17.7. The van der Waals surface area contributed by atoms with Crippen LogP contribution < -0.4 is 15.8 Å². The van der Waals surface area contributed by atoms with Gasteiger partial charge < -0.3 is 15.1 Å². The van der Waals surface area contributed by atoms with E-state index in [0.29, 0.717) is 16.6 Å². The van der Waals surface area contributed by atoms with Crippen molar-refractivity contribution < 1.29 is 4.79 Å². The molecule has 0 aliphatic carbocycles. The van der Waals surface area contributed by atoms with Gasteiger partial charge in [0, 0.05) is 58.1 Å². The van der Waals surface area contributed by atoms with Gasteiger partial charge in [-0.2, -0.15) is 4.52 Å². The SMILES string of the molecule is CCCc1cc(=O)n2nc(N(C)CC(=O)NCCN3CCN(C)CC3)sc2n1. The van der Waals surface area contributed by atoms with Gasteiger partial charge in [-0.25, -0.2) is 4.98 Å². The molecule has 0 spiro atoms. The molecule has 0 saturated carbocycles. The molecule has 3 rings (SSSR count). The van der Waals surface area contributed by atoms with Crippen LogP contribution in [0.3, 0.4) is 0 Å². The van der Waals surface area contributed by atoms with E-state index in [1.165, 1.54) is 21.9 Å². The summed E-state index contributed by atoms with van der Waals surface area (Å²) in [5.41, 5.74) is 0.605. The molecule has 28 heavy (non-hydrogen) atoms. The average molecular weight is 408 g/mol. The molecule has 1 aliphatic rings. The second kappa shape index (κ2) is 9.44. The van der Waals surface area contributed by atoms with Crippen LogP contribution in [-0.2, 0) is 11.2 Å². The quantitative estimate of drug-likeness (QED) is 0.654. The first kappa shape index (κ1) is 20.7. The van der Waals surface area contributed by atoms with Gasteiger partial charge in [0.2, 0.25) is 16.0 Å². The Morgan fingerprint density at radius 3 is 2.79 bits per heavy atom. The van der Waals surface area contributed by atoms with Crippen LogP contribution in [0.4, 0.5) is 5.13 Å². The Balaban J connectivity index is 1.52. The van der Waals surface area contributed by atoms with Gasteiger partial charge in [0.1, 0.15) is 0 Å². The fraction of sp³-hybridized carbons (Fsp3) is 0.667. The molecule has 9 nitrogen and oxygen atoms in total. The second-order valence-electron chi connectivity index (χ2n) is 7.27. The minimum Gasteiger partial charge on any atom is -0.353 e. The van der Waals surface area contributed by atoms with Crippen LogP contribution in [0.15, 0.2) is 10.9 Å². The molecule has 1 saturated heterocycles. The summed E-state index contributed by atoms with van der Waals surface area (Å²) in [6.45, 7) is 7.97. The molecule has 0 atom stereocenters. The van der Waals surface area contributed by atoms with Crippen LogP contribution in [0.5, 0.6) is 0 Å². The molecule has 1 amide bonds. The lowest BCUT2D eigenvalue weighted by molar-refractivity contribution is -0.119. The van der Waals surface area contributed by atoms with Gasteiger partial charge in [0.15, 0.2) is 0 Å². The molecule has 0 aromatic carbocycles. The van der Waals surface area contributed by atoms with Crippen LogP contribution in [0.25, 0.3) is 4.96 Å². The highest BCUT2D eigenvalue weighted by molar-refractivity contribution is 7.20. The van der Waals surface area contributed by atoms with Crippen molar-refractivity contribution in [1.29, 1.82) is 0 Å². The lowest BCUT2D eigenvalue weighted by Crippen LogP contribution is -2.47. The fourth-order valence-corrected chi connectivity index (χ4v) is 4.03. The van der Waals surface area contributed by atoms with Crippen LogP contribution in [0.2, 0.25) is 0 Å². The highest BCUT2D eigenvalue weighted by Gasteiger charge is 2.16. The predicted octanol–water partition coefficient (Wildman–Crippen LogP) is -0.0967. The van der Waals surface area contributed by atoms with E-state index in [1.807, 2.05) is 0 Å². The van der Waals surface area contributed by atoms with Crippen molar-refractivity contribution in [2.24, 2.45) is 0 Å². The molecule has 0 radical (unpaired) electrons. The van der Waals surface area contributed by atoms with Gasteiger partial charge >= 0.3 is 0 Å². The van der Waals surface area contributed by atoms with Crippen LogP contribution in [0.1, 0.15) is 19.0 Å². The summed E-state index contributed by atoms with van der Waals surface area (Å²) in [4.78, 5) is 36.0. The molecular formula is C18H29N7O2S. The number of carbonyl (C=O) groups is 1. The summed E-state index contributed by atoms with van der Waals surface area (Å²) in [6.07, 6.45) is 1.70. The molecule has 0 unspecified atom stereocenters. The predicted molar refractivity (Wildman–Crippen MR) is 111 cm³/mol. The number of nitrogens with one attached hydrogen (secondary N) is 1. The van der Waals surface area contributed by atoms with Crippen LogP contribution in [-0.4, -0.2) is 90.2 Å². The van der Waals surface area contributed by atoms with Crippen molar-refractivity contribution in [2.75, 3.05) is 64.8 Å². The number of carbonyl (C=O) groups excluding carboxylic acids is 1. The maximum atomic E-state index is 12.3. The topological polar surface area (TPSA) is 86.1 Å². The summed E-state index contributed by atoms with van der Waals surface area (Å²) in [7, 11) is 3.93. The zero-order valence-electron chi connectivity index (χ0n) is 16.8. The molecule has 10 heteroatoms. The monoisotopic (exact) mass is 407 g/mol. The zero-order chi connectivity index (χ0) is 20.1. The van der Waals surface area contributed by atoms with Gasteiger partial charge in [-0.3, -0.25) is 14.5 Å². The molecule has 1 fully saturated rings. The minimum atomic E-state index is -0.180. The van der Waals surface area contributed by atoms with Gasteiger partial charge in [0.05, 0.1) is 6.54 Å². The number of aromatic nitrogens is 3. The maximum Gasteiger partial charge on any atom is 0.275 e. The first-order valence-corrected chi connectivity index (χ1v) is 10.6. The number of amides is 1. The standard InChI is InChI=1S/C18H29N7O2S/c1-4-5-14-12-16(27)25-17(20-14)28-18(21-25)23(3)13-15(26)19-6-7-24-10-8-22(2)9-11-24/h12H,4-11,13H2,1-3H3,(H,19,26). The number of likely N-dealkylation sites (N-methyl/N-ethyl adjacent to an activating group) is 2. The van der Waals surface area contributed by atoms with E-state index in [-0.39, 0.29) is 18.0 Å². The molecule has 0 bridgehead atoms. The molecule has 3 heterocycles. The lowest BCUT2D eigenvalue weighted by atomic mass is 10.2. The van der Waals surface area contributed by atoms with Gasteiger partial charge in [0.25, 0.3) is 5.56 Å². The third-order valence-corrected chi connectivity index (χ3v) is 5.87. The van der Waals surface area contributed by atoms with E-state index < -0.39 is 0 Å². The van der Waals surface area contributed by atoms with Crippen molar-refractivity contribution in [1.82, 2.24) is 29.7 Å². The molecular weight excluding hydrogens is 378 g/mol. The highest BCUT2D eigenvalue weighted by Crippen LogP contribution is 2.20. The first-order chi connectivity index (χ1) is 13.5. The van der Waals surface area contributed by atoms with E-state index in [4.69, 9.17) is 0 Å². The number of nitrogens with zero attached hydrogens (tertiary/aromatic N) is 6. The van der Waals surface area contributed by atoms with Crippen molar-refractivity contribution in [3.8, 4) is 0 Å². The van der Waals surface area contributed by atoms with E-state index in [0.717, 1.165) is 51.3 Å². The average Bonchev–Trinajstić information content (AvgIpc) is 3.08. The van der Waals surface area contributed by atoms with Crippen molar-refractivity contribution in [3.05, 3.63) is 22.1 Å². The van der Waals surface area contributed by atoms with Crippen LogP contribution in [0, 0.1) is 0 Å². The van der Waals surface area contributed by atoms with E-state index >= 15 is 0 Å². The van der Waals surface area contributed by atoms with Gasteiger partial charge in [-0.05, 0) is 13.5 Å². The van der Waals surface area contributed by atoms with E-state index in [1.54, 1.807) is 11.9 Å². The normalized spacial score (nSPS) is 15.8. The molecule has 1 N–H and O–H groups in total. The number of rotatable bonds is 8. The fourth-order valence-electron chi connectivity index (χ4n) is 3.15. The second-order valence-corrected chi connectivity index (χ2v) is 8.20. The Morgan fingerprint density at radius 1 is 1.32 bits per heavy atom. The van der Waals surface area contributed by atoms with Crippen LogP contribution >= 0.6 is 11.3 Å². The molecule has 1 aliphatic heterocycles. The first-order valence-electron chi connectivity index (χ1n) is 9.75. The van der Waals surface area contributed by atoms with Gasteiger partial charge in [-0.1, -0.05) is 24.7 Å². The Hall–Kier alpha value is -2.04. The van der Waals surface area contributed by atoms with E-state index in [2.05, 4.69) is 39.2 Å². The number of aryl methyl sites for hydroxylation is 1. The molecule has 154 valence electrons. The highest BCUT2D eigenvalue weighted by atomic mass is 32.1. The summed E-state index contributed by atoms with van der Waals surface area (Å²) >= 11 is 1.32. The maximum absolute atomic E-state index is 12.3. The van der Waals surface area contributed by atoms with E-state index in [9.17, 15) is 9.59 Å². The number of hydrogen-bond acceptors (Lipinski definition) is 8. The Labute approximate surface area is 168 Å². The Morgan fingerprint density at radius 2 is 2.07 bits per heavy atom. The summed E-state index contributed by atoms with van der Waals surface area (Å²) in [5.74, 6) is -0.0529. The van der Waals surface area contributed by atoms with Crippen molar-refractivity contribution in [3.63, 3.8) is 0 Å². The third-order valence-electron chi connectivity index (χ3n) is 4.85. The number of piperazine rings is 1. The van der Waals surface area contributed by atoms with Crippen molar-refractivity contribution >= 4 is 27.3 Å². The summed E-state index contributed by atoms with van der Waals surface area (Å²) in [6, 6.07) is 1.53. The number of fused-ring (bicyclic) bond motifs is 1.